The molecule has 0 saturated carbocycles. The van der Waals surface area contributed by atoms with Gasteiger partial charge < -0.3 is 10.1 Å². The zero-order valence-electron chi connectivity index (χ0n) is 10.7. The van der Waals surface area contributed by atoms with Crippen LogP contribution in [-0.4, -0.2) is 19.4 Å². The highest BCUT2D eigenvalue weighted by atomic mass is 32.2. The largest absolute Gasteiger partial charge is 0.494 e. The number of halogens is 1. The Morgan fingerprint density at radius 3 is 2.68 bits per heavy atom. The van der Waals surface area contributed by atoms with E-state index in [1.54, 1.807) is 24.9 Å². The van der Waals surface area contributed by atoms with Crippen molar-refractivity contribution in [3.8, 4) is 5.75 Å². The van der Waals surface area contributed by atoms with Crippen LogP contribution in [0.25, 0.3) is 0 Å². The van der Waals surface area contributed by atoms with Crippen molar-refractivity contribution in [3.63, 3.8) is 0 Å². The molecule has 2 aromatic carbocycles. The summed E-state index contributed by atoms with van der Waals surface area (Å²) in [5, 5.41) is 3.25. The molecule has 0 fully saturated rings. The van der Waals surface area contributed by atoms with Gasteiger partial charge in [0.15, 0.2) is 0 Å². The molecule has 0 aliphatic carbocycles. The Morgan fingerprint density at radius 2 is 1.95 bits per heavy atom. The summed E-state index contributed by atoms with van der Waals surface area (Å²) in [4.78, 5) is 1.25. The van der Waals surface area contributed by atoms with Crippen LogP contribution in [0.15, 0.2) is 53.4 Å². The first-order chi connectivity index (χ1) is 9.29. The van der Waals surface area contributed by atoms with Crippen LogP contribution in [0, 0.1) is 5.82 Å². The standard InChI is InChI=1S/C15H16FNOS/c1-18-15-11-12(16)7-8-14(15)17-9-10-19-13-5-3-2-4-6-13/h2-8,11,17H,9-10H2,1H3. The fraction of sp³-hybridized carbons (Fsp3) is 0.200. The van der Waals surface area contributed by atoms with E-state index in [-0.39, 0.29) is 5.82 Å². The lowest BCUT2D eigenvalue weighted by atomic mass is 10.3. The van der Waals surface area contributed by atoms with Gasteiger partial charge in [0.2, 0.25) is 0 Å². The fourth-order valence-electron chi connectivity index (χ4n) is 1.68. The van der Waals surface area contributed by atoms with E-state index in [9.17, 15) is 4.39 Å². The summed E-state index contributed by atoms with van der Waals surface area (Å²) in [6.07, 6.45) is 0. The SMILES string of the molecule is COc1cc(F)ccc1NCCSc1ccccc1. The fourth-order valence-corrected chi connectivity index (χ4v) is 2.47. The lowest BCUT2D eigenvalue weighted by Crippen LogP contribution is -2.05. The maximum absolute atomic E-state index is 13.0. The van der Waals surface area contributed by atoms with Crippen molar-refractivity contribution in [1.82, 2.24) is 0 Å². The Morgan fingerprint density at radius 1 is 1.16 bits per heavy atom. The summed E-state index contributed by atoms with van der Waals surface area (Å²) < 4.78 is 18.2. The van der Waals surface area contributed by atoms with Crippen molar-refractivity contribution in [2.45, 2.75) is 4.90 Å². The number of methoxy groups -OCH3 is 1. The van der Waals surface area contributed by atoms with Gasteiger partial charge in [0.05, 0.1) is 12.8 Å². The van der Waals surface area contributed by atoms with Crippen LogP contribution < -0.4 is 10.1 Å². The van der Waals surface area contributed by atoms with Gasteiger partial charge in [-0.3, -0.25) is 0 Å². The van der Waals surface area contributed by atoms with Gasteiger partial charge in [0.1, 0.15) is 11.6 Å². The van der Waals surface area contributed by atoms with E-state index in [1.165, 1.54) is 17.0 Å². The third kappa shape index (κ3) is 4.17. The van der Waals surface area contributed by atoms with E-state index in [1.807, 2.05) is 18.2 Å². The average Bonchev–Trinajstić information content (AvgIpc) is 2.46. The molecule has 0 unspecified atom stereocenters. The molecule has 0 bridgehead atoms. The highest BCUT2D eigenvalue weighted by molar-refractivity contribution is 7.99. The molecule has 19 heavy (non-hydrogen) atoms. The Balaban J connectivity index is 1.83. The lowest BCUT2D eigenvalue weighted by molar-refractivity contribution is 0.413. The van der Waals surface area contributed by atoms with Crippen molar-refractivity contribution in [3.05, 3.63) is 54.3 Å². The minimum Gasteiger partial charge on any atom is -0.494 e. The van der Waals surface area contributed by atoms with Crippen LogP contribution in [0.2, 0.25) is 0 Å². The van der Waals surface area contributed by atoms with Gasteiger partial charge in [-0.05, 0) is 24.3 Å². The third-order valence-electron chi connectivity index (χ3n) is 2.59. The topological polar surface area (TPSA) is 21.3 Å². The number of thioether (sulfide) groups is 1. The van der Waals surface area contributed by atoms with Crippen LogP contribution >= 0.6 is 11.8 Å². The van der Waals surface area contributed by atoms with Crippen molar-refractivity contribution >= 4 is 17.4 Å². The second-order valence-electron chi connectivity index (χ2n) is 3.93. The summed E-state index contributed by atoms with van der Waals surface area (Å²) in [6, 6.07) is 14.7. The molecule has 0 spiro atoms. The third-order valence-corrected chi connectivity index (χ3v) is 3.61. The number of hydrogen-bond acceptors (Lipinski definition) is 3. The van der Waals surface area contributed by atoms with Crippen LogP contribution in [0.4, 0.5) is 10.1 Å². The van der Waals surface area contributed by atoms with E-state index in [0.717, 1.165) is 18.0 Å². The Hall–Kier alpha value is -1.68. The van der Waals surface area contributed by atoms with E-state index >= 15 is 0 Å². The van der Waals surface area contributed by atoms with Gasteiger partial charge in [0.25, 0.3) is 0 Å². The zero-order valence-corrected chi connectivity index (χ0v) is 11.5. The molecule has 1 N–H and O–H groups in total. The molecular formula is C15H16FNOS. The van der Waals surface area contributed by atoms with Crippen LogP contribution in [0.3, 0.4) is 0 Å². The Labute approximate surface area is 117 Å². The maximum atomic E-state index is 13.0. The molecule has 0 radical (unpaired) electrons. The summed E-state index contributed by atoms with van der Waals surface area (Å²) in [7, 11) is 1.54. The molecule has 0 aromatic heterocycles. The van der Waals surface area contributed by atoms with Gasteiger partial charge in [-0.15, -0.1) is 11.8 Å². The monoisotopic (exact) mass is 277 g/mol. The number of hydrogen-bond donors (Lipinski definition) is 1. The van der Waals surface area contributed by atoms with Crippen LogP contribution in [0.1, 0.15) is 0 Å². The van der Waals surface area contributed by atoms with Gasteiger partial charge in [0, 0.05) is 23.3 Å². The van der Waals surface area contributed by atoms with Crippen molar-refractivity contribution in [2.24, 2.45) is 0 Å². The second kappa shape index (κ2) is 7.04. The van der Waals surface area contributed by atoms with E-state index in [4.69, 9.17) is 4.74 Å². The number of ether oxygens (including phenoxy) is 1. The normalized spacial score (nSPS) is 10.2. The number of rotatable bonds is 6. The number of benzene rings is 2. The molecule has 2 rings (SSSR count). The first kappa shape index (κ1) is 13.7. The van der Waals surface area contributed by atoms with Gasteiger partial charge in [-0.1, -0.05) is 18.2 Å². The van der Waals surface area contributed by atoms with E-state index in [0.29, 0.717) is 5.75 Å². The summed E-state index contributed by atoms with van der Waals surface area (Å²) in [5.41, 5.74) is 0.817. The highest BCUT2D eigenvalue weighted by Gasteiger charge is 2.03. The predicted octanol–water partition coefficient (Wildman–Crippen LogP) is 4.04. The Kier molecular flexibility index (Phi) is 5.10. The van der Waals surface area contributed by atoms with Gasteiger partial charge in [-0.25, -0.2) is 4.39 Å². The number of nitrogens with one attached hydrogen (secondary N) is 1. The minimum atomic E-state index is -0.291. The zero-order chi connectivity index (χ0) is 13.5. The van der Waals surface area contributed by atoms with E-state index < -0.39 is 0 Å². The molecule has 0 heterocycles. The molecule has 0 atom stereocenters. The second-order valence-corrected chi connectivity index (χ2v) is 5.10. The summed E-state index contributed by atoms with van der Waals surface area (Å²) >= 11 is 1.78. The smallest absolute Gasteiger partial charge is 0.144 e. The molecule has 0 aliphatic heterocycles. The molecular weight excluding hydrogens is 261 g/mol. The molecule has 0 saturated heterocycles. The van der Waals surface area contributed by atoms with Gasteiger partial charge in [-0.2, -0.15) is 0 Å². The molecule has 2 aromatic rings. The molecule has 0 aliphatic rings. The number of anilines is 1. The van der Waals surface area contributed by atoms with Crippen molar-refractivity contribution in [1.29, 1.82) is 0 Å². The van der Waals surface area contributed by atoms with E-state index in [2.05, 4.69) is 17.4 Å². The molecule has 100 valence electrons. The Bertz CT molecular complexity index is 519. The predicted molar refractivity (Wildman–Crippen MR) is 78.6 cm³/mol. The highest BCUT2D eigenvalue weighted by Crippen LogP contribution is 2.25. The minimum absolute atomic E-state index is 0.291. The van der Waals surface area contributed by atoms with Gasteiger partial charge >= 0.3 is 0 Å². The van der Waals surface area contributed by atoms with Crippen LogP contribution in [-0.2, 0) is 0 Å². The first-order valence-corrected chi connectivity index (χ1v) is 7.03. The lowest BCUT2D eigenvalue weighted by Gasteiger charge is -2.10. The first-order valence-electron chi connectivity index (χ1n) is 6.05. The summed E-state index contributed by atoms with van der Waals surface area (Å²) in [5.74, 6) is 1.18. The van der Waals surface area contributed by atoms with Crippen molar-refractivity contribution in [2.75, 3.05) is 24.7 Å². The van der Waals surface area contributed by atoms with Crippen molar-refractivity contribution < 1.29 is 9.13 Å². The quantitative estimate of drug-likeness (QED) is 0.636. The molecule has 0 amide bonds. The van der Waals surface area contributed by atoms with Crippen LogP contribution in [0.5, 0.6) is 5.75 Å². The average molecular weight is 277 g/mol. The molecule has 4 heteroatoms. The molecule has 2 nitrogen and oxygen atoms in total. The maximum Gasteiger partial charge on any atom is 0.144 e. The summed E-state index contributed by atoms with van der Waals surface area (Å²) in [6.45, 7) is 0.793.